The van der Waals surface area contributed by atoms with Gasteiger partial charge in [0, 0.05) is 12.1 Å². The van der Waals surface area contributed by atoms with E-state index < -0.39 is 22.5 Å². The highest BCUT2D eigenvalue weighted by molar-refractivity contribution is 5.37. The van der Waals surface area contributed by atoms with Crippen molar-refractivity contribution in [3.8, 4) is 0 Å². The Morgan fingerprint density at radius 3 is 2.75 bits per heavy atom. The van der Waals surface area contributed by atoms with Crippen LogP contribution in [0.15, 0.2) is 18.2 Å². The predicted molar refractivity (Wildman–Crippen MR) is 75.0 cm³/mol. The van der Waals surface area contributed by atoms with E-state index in [0.717, 1.165) is 37.9 Å². The predicted octanol–water partition coefficient (Wildman–Crippen LogP) is 2.94. The fourth-order valence-corrected chi connectivity index (χ4v) is 1.96. The maximum atomic E-state index is 13.2. The number of unbranched alkanes of at least 4 members (excludes halogenated alkanes) is 2. The summed E-state index contributed by atoms with van der Waals surface area (Å²) in [7, 11) is 0. The van der Waals surface area contributed by atoms with Crippen molar-refractivity contribution in [2.75, 3.05) is 6.54 Å². The molecule has 0 saturated carbocycles. The Kier molecular flexibility index (Phi) is 6.54. The van der Waals surface area contributed by atoms with Gasteiger partial charge in [0.1, 0.15) is 0 Å². The number of aliphatic hydroxyl groups is 1. The number of nitrogens with one attached hydrogen (secondary N) is 1. The Hall–Kier alpha value is -1.53. The van der Waals surface area contributed by atoms with E-state index in [1.54, 1.807) is 6.92 Å². The molecule has 1 aromatic carbocycles. The number of hydrogen-bond acceptors (Lipinski definition) is 4. The van der Waals surface area contributed by atoms with Gasteiger partial charge in [-0.3, -0.25) is 10.1 Å². The second-order valence-electron chi connectivity index (χ2n) is 4.86. The molecule has 0 heterocycles. The van der Waals surface area contributed by atoms with Gasteiger partial charge in [-0.2, -0.15) is 4.39 Å². The minimum atomic E-state index is -0.907. The molecule has 0 aromatic heterocycles. The molecular formula is C14H21FN2O3. The minimum absolute atomic E-state index is 0.253. The number of aliphatic hydroxyl groups excluding tert-OH is 1. The topological polar surface area (TPSA) is 75.4 Å². The standard InChI is InChI=1S/C14H21FN2O3/c1-3-4-5-8-16-10(2)14(18)11-6-7-12(15)13(9-11)17(19)20/h6-7,9-10,14,16,18H,3-5,8H2,1-2H3. The molecule has 2 atom stereocenters. The van der Waals surface area contributed by atoms with Crippen molar-refractivity contribution < 1.29 is 14.4 Å². The monoisotopic (exact) mass is 284 g/mol. The summed E-state index contributed by atoms with van der Waals surface area (Å²) in [5.41, 5.74) is -0.270. The van der Waals surface area contributed by atoms with Crippen LogP contribution in [-0.2, 0) is 0 Å². The van der Waals surface area contributed by atoms with Gasteiger partial charge in [-0.05, 0) is 31.5 Å². The number of hydrogen-bond donors (Lipinski definition) is 2. The lowest BCUT2D eigenvalue weighted by atomic mass is 10.0. The molecule has 1 rings (SSSR count). The van der Waals surface area contributed by atoms with Crippen molar-refractivity contribution in [2.45, 2.75) is 45.3 Å². The largest absolute Gasteiger partial charge is 0.387 e. The van der Waals surface area contributed by atoms with Crippen molar-refractivity contribution in [3.05, 3.63) is 39.7 Å². The smallest absolute Gasteiger partial charge is 0.305 e. The molecule has 6 heteroatoms. The van der Waals surface area contributed by atoms with Gasteiger partial charge in [0.2, 0.25) is 5.82 Å². The number of benzene rings is 1. The summed E-state index contributed by atoms with van der Waals surface area (Å²) in [6, 6.07) is 3.22. The minimum Gasteiger partial charge on any atom is -0.387 e. The van der Waals surface area contributed by atoms with E-state index in [-0.39, 0.29) is 6.04 Å². The zero-order chi connectivity index (χ0) is 15.1. The summed E-state index contributed by atoms with van der Waals surface area (Å²) in [5, 5.41) is 24.0. The Balaban J connectivity index is 2.68. The summed E-state index contributed by atoms with van der Waals surface area (Å²) in [6.07, 6.45) is 2.33. The Morgan fingerprint density at radius 2 is 2.15 bits per heavy atom. The fraction of sp³-hybridized carbons (Fsp3) is 0.571. The van der Waals surface area contributed by atoms with Crippen molar-refractivity contribution in [1.82, 2.24) is 5.32 Å². The van der Waals surface area contributed by atoms with Gasteiger partial charge in [-0.25, -0.2) is 0 Å². The molecule has 0 radical (unpaired) electrons. The Morgan fingerprint density at radius 1 is 1.45 bits per heavy atom. The molecular weight excluding hydrogens is 263 g/mol. The summed E-state index contributed by atoms with van der Waals surface area (Å²) in [4.78, 5) is 9.89. The van der Waals surface area contributed by atoms with Crippen molar-refractivity contribution >= 4 is 5.69 Å². The van der Waals surface area contributed by atoms with Crippen LogP contribution in [0.25, 0.3) is 0 Å². The third kappa shape index (κ3) is 4.54. The molecule has 0 aliphatic carbocycles. The maximum absolute atomic E-state index is 13.2. The molecule has 20 heavy (non-hydrogen) atoms. The molecule has 0 fully saturated rings. The first-order valence-corrected chi connectivity index (χ1v) is 6.82. The average molecular weight is 284 g/mol. The van der Waals surface area contributed by atoms with Gasteiger partial charge in [-0.15, -0.1) is 0 Å². The highest BCUT2D eigenvalue weighted by atomic mass is 19.1. The van der Waals surface area contributed by atoms with Gasteiger partial charge in [0.25, 0.3) is 0 Å². The van der Waals surface area contributed by atoms with E-state index in [1.807, 2.05) is 0 Å². The Labute approximate surface area is 118 Å². The quantitative estimate of drug-likeness (QED) is 0.437. The Bertz CT molecular complexity index is 454. The first kappa shape index (κ1) is 16.5. The molecule has 2 unspecified atom stereocenters. The van der Waals surface area contributed by atoms with E-state index in [1.165, 1.54) is 6.07 Å². The van der Waals surface area contributed by atoms with Crippen molar-refractivity contribution in [3.63, 3.8) is 0 Å². The lowest BCUT2D eigenvalue weighted by Gasteiger charge is -2.20. The first-order valence-electron chi connectivity index (χ1n) is 6.82. The lowest BCUT2D eigenvalue weighted by Crippen LogP contribution is -2.32. The van der Waals surface area contributed by atoms with Crippen LogP contribution in [0, 0.1) is 15.9 Å². The van der Waals surface area contributed by atoms with Gasteiger partial charge in [0.05, 0.1) is 11.0 Å². The van der Waals surface area contributed by atoms with E-state index >= 15 is 0 Å². The highest BCUT2D eigenvalue weighted by Gasteiger charge is 2.21. The molecule has 1 aromatic rings. The zero-order valence-electron chi connectivity index (χ0n) is 11.8. The number of rotatable bonds is 8. The second-order valence-corrected chi connectivity index (χ2v) is 4.86. The van der Waals surface area contributed by atoms with Crippen LogP contribution in [0.1, 0.15) is 44.8 Å². The van der Waals surface area contributed by atoms with E-state index in [9.17, 15) is 19.6 Å². The molecule has 0 aliphatic rings. The summed E-state index contributed by atoms with van der Waals surface area (Å²) < 4.78 is 13.2. The average Bonchev–Trinajstić information content (AvgIpc) is 2.42. The number of nitro groups is 1. The first-order chi connectivity index (χ1) is 9.47. The van der Waals surface area contributed by atoms with E-state index in [2.05, 4.69) is 12.2 Å². The van der Waals surface area contributed by atoms with Crippen molar-refractivity contribution in [1.29, 1.82) is 0 Å². The van der Waals surface area contributed by atoms with Crippen LogP contribution in [0.5, 0.6) is 0 Å². The third-order valence-corrected chi connectivity index (χ3v) is 3.23. The van der Waals surface area contributed by atoms with Gasteiger partial charge in [0.15, 0.2) is 0 Å². The van der Waals surface area contributed by atoms with E-state index in [4.69, 9.17) is 0 Å². The van der Waals surface area contributed by atoms with Crippen LogP contribution < -0.4 is 5.32 Å². The third-order valence-electron chi connectivity index (χ3n) is 3.23. The number of nitrogens with zero attached hydrogens (tertiary/aromatic N) is 1. The van der Waals surface area contributed by atoms with Crippen LogP contribution in [-0.4, -0.2) is 22.6 Å². The van der Waals surface area contributed by atoms with Gasteiger partial charge < -0.3 is 10.4 Å². The van der Waals surface area contributed by atoms with Crippen LogP contribution in [0.4, 0.5) is 10.1 Å². The molecule has 0 bridgehead atoms. The zero-order valence-corrected chi connectivity index (χ0v) is 11.8. The van der Waals surface area contributed by atoms with Gasteiger partial charge in [-0.1, -0.05) is 25.8 Å². The van der Waals surface area contributed by atoms with E-state index in [0.29, 0.717) is 5.56 Å². The summed E-state index contributed by atoms with van der Waals surface area (Å²) in [5.74, 6) is -0.894. The SMILES string of the molecule is CCCCCNC(C)C(O)c1ccc(F)c([N+](=O)[O-])c1. The molecule has 112 valence electrons. The maximum Gasteiger partial charge on any atom is 0.305 e. The van der Waals surface area contributed by atoms with Crippen molar-refractivity contribution in [2.24, 2.45) is 0 Å². The van der Waals surface area contributed by atoms with Crippen LogP contribution >= 0.6 is 0 Å². The normalized spacial score (nSPS) is 14.0. The number of halogens is 1. The molecule has 0 aliphatic heterocycles. The number of nitro benzene ring substituents is 1. The molecule has 0 saturated heterocycles. The highest BCUT2D eigenvalue weighted by Crippen LogP contribution is 2.24. The second kappa shape index (κ2) is 7.91. The molecule has 2 N–H and O–H groups in total. The molecule has 0 amide bonds. The summed E-state index contributed by atoms with van der Waals surface area (Å²) >= 11 is 0. The molecule has 0 spiro atoms. The van der Waals surface area contributed by atoms with Crippen LogP contribution in [0.3, 0.4) is 0 Å². The summed E-state index contributed by atoms with van der Waals surface area (Å²) in [6.45, 7) is 4.68. The fourth-order valence-electron chi connectivity index (χ4n) is 1.96. The molecule has 5 nitrogen and oxygen atoms in total. The lowest BCUT2D eigenvalue weighted by molar-refractivity contribution is -0.387. The van der Waals surface area contributed by atoms with Crippen LogP contribution in [0.2, 0.25) is 0 Å². The van der Waals surface area contributed by atoms with Gasteiger partial charge >= 0.3 is 5.69 Å².